The third-order valence-corrected chi connectivity index (χ3v) is 5.37. The summed E-state index contributed by atoms with van der Waals surface area (Å²) in [5.74, 6) is 0.612. The van der Waals surface area contributed by atoms with E-state index in [0.29, 0.717) is 43.0 Å². The number of ether oxygens (including phenoxy) is 3. The first-order valence-corrected chi connectivity index (χ1v) is 10.3. The Labute approximate surface area is 181 Å². The number of hydrogen-bond donors (Lipinski definition) is 1. The fourth-order valence-electron chi connectivity index (χ4n) is 3.86. The van der Waals surface area contributed by atoms with E-state index in [2.05, 4.69) is 15.2 Å². The van der Waals surface area contributed by atoms with Gasteiger partial charge in [-0.15, -0.1) is 0 Å². The molecule has 7 nitrogen and oxygen atoms in total. The van der Waals surface area contributed by atoms with Gasteiger partial charge in [0.25, 0.3) is 5.91 Å². The largest absolute Gasteiger partial charge is 0.491 e. The summed E-state index contributed by atoms with van der Waals surface area (Å²) < 4.78 is 66.7. The lowest BCUT2D eigenvalue weighted by atomic mass is 9.99. The molecule has 0 aliphatic carbocycles. The Hall–Kier alpha value is -2.82. The lowest BCUT2D eigenvalue weighted by Crippen LogP contribution is -2.43. The summed E-state index contributed by atoms with van der Waals surface area (Å²) in [5, 5.41) is 7.11. The molecule has 2 aliphatic heterocycles. The lowest BCUT2D eigenvalue weighted by molar-refractivity contribution is -0.133. The van der Waals surface area contributed by atoms with Crippen LogP contribution in [0.5, 0.6) is 11.6 Å². The molecule has 1 aromatic heterocycles. The predicted octanol–water partition coefficient (Wildman–Crippen LogP) is 3.20. The molecule has 1 amide bonds. The van der Waals surface area contributed by atoms with Crippen molar-refractivity contribution >= 4 is 5.91 Å². The molecule has 4 rings (SSSR count). The van der Waals surface area contributed by atoms with Crippen LogP contribution in [0.3, 0.4) is 0 Å². The first kappa shape index (κ1) is 22.4. The Bertz CT molecular complexity index is 953. The highest BCUT2D eigenvalue weighted by molar-refractivity contribution is 5.92. The molecule has 3 heterocycles. The molecule has 2 aliphatic rings. The minimum Gasteiger partial charge on any atom is -0.491 e. The predicted molar refractivity (Wildman–Crippen MR) is 104 cm³/mol. The van der Waals surface area contributed by atoms with Crippen molar-refractivity contribution in [2.24, 2.45) is 0 Å². The Morgan fingerprint density at radius 3 is 2.91 bits per heavy atom. The number of carbonyl (C=O) groups is 1. The molecule has 32 heavy (non-hydrogen) atoms. The van der Waals surface area contributed by atoms with E-state index >= 15 is 0 Å². The van der Waals surface area contributed by atoms with Crippen molar-refractivity contribution in [3.05, 3.63) is 41.1 Å². The number of nitrogens with one attached hydrogen (secondary N) is 1. The van der Waals surface area contributed by atoms with Crippen LogP contribution in [0.4, 0.5) is 17.6 Å². The molecule has 0 saturated heterocycles. The lowest BCUT2D eigenvalue weighted by Gasteiger charge is -2.26. The van der Waals surface area contributed by atoms with Gasteiger partial charge in [-0.3, -0.25) is 4.79 Å². The monoisotopic (exact) mass is 457 g/mol. The highest BCUT2D eigenvalue weighted by atomic mass is 19.3. The number of amides is 1. The molecule has 1 aromatic carbocycles. The number of nitrogens with zero attached hydrogens (tertiary/aromatic N) is 2. The first-order valence-electron chi connectivity index (χ1n) is 10.3. The summed E-state index contributed by atoms with van der Waals surface area (Å²) in [6.45, 7) is -2.18. The van der Waals surface area contributed by atoms with Crippen molar-refractivity contribution in [3.63, 3.8) is 0 Å². The second-order valence-corrected chi connectivity index (χ2v) is 7.76. The number of hydrogen-bond acceptors (Lipinski definition) is 5. The number of carbonyl (C=O) groups excluding carboxylic acids is 1. The van der Waals surface area contributed by atoms with E-state index in [1.807, 2.05) is 0 Å². The number of fused-ring (bicyclic) bond motifs is 2. The average Bonchev–Trinajstić information content (AvgIpc) is 3.16. The Kier molecular flexibility index (Phi) is 6.83. The van der Waals surface area contributed by atoms with Gasteiger partial charge in [0, 0.05) is 31.9 Å². The third-order valence-electron chi connectivity index (χ3n) is 5.37. The molecule has 0 saturated carbocycles. The van der Waals surface area contributed by atoms with Crippen LogP contribution in [-0.4, -0.2) is 54.1 Å². The van der Waals surface area contributed by atoms with Crippen molar-refractivity contribution < 1.29 is 36.6 Å². The van der Waals surface area contributed by atoms with Crippen LogP contribution in [0.15, 0.2) is 24.3 Å². The zero-order chi connectivity index (χ0) is 22.7. The Morgan fingerprint density at radius 1 is 1.28 bits per heavy atom. The summed E-state index contributed by atoms with van der Waals surface area (Å²) >= 11 is 0. The number of aryl methyl sites for hydroxylation is 1. The number of rotatable bonds is 8. The minimum atomic E-state index is -2.81. The summed E-state index contributed by atoms with van der Waals surface area (Å²) in [6, 6.07) is 6.14. The van der Waals surface area contributed by atoms with Crippen molar-refractivity contribution in [1.82, 2.24) is 15.1 Å². The maximum atomic E-state index is 12.7. The van der Waals surface area contributed by atoms with Crippen LogP contribution < -0.4 is 14.8 Å². The van der Waals surface area contributed by atoms with Gasteiger partial charge in [0.15, 0.2) is 5.69 Å². The quantitative estimate of drug-likeness (QED) is 0.617. The van der Waals surface area contributed by atoms with Crippen molar-refractivity contribution in [3.8, 4) is 11.6 Å². The molecule has 1 N–H and O–H groups in total. The van der Waals surface area contributed by atoms with Crippen LogP contribution in [0.25, 0.3) is 0 Å². The first-order chi connectivity index (χ1) is 15.4. The molecule has 174 valence electrons. The van der Waals surface area contributed by atoms with Gasteiger partial charge in [-0.25, -0.2) is 13.5 Å². The zero-order valence-corrected chi connectivity index (χ0v) is 17.1. The second-order valence-electron chi connectivity index (χ2n) is 7.76. The summed E-state index contributed by atoms with van der Waals surface area (Å²) in [4.78, 5) is 12.7. The number of halogens is 4. The van der Waals surface area contributed by atoms with E-state index < -0.39 is 18.9 Å². The van der Waals surface area contributed by atoms with Crippen LogP contribution in [0.1, 0.15) is 34.5 Å². The summed E-state index contributed by atoms with van der Waals surface area (Å²) in [6.07, 6.45) is -1.73. The Morgan fingerprint density at radius 2 is 2.12 bits per heavy atom. The Balaban J connectivity index is 1.34. The molecule has 0 fully saturated rings. The van der Waals surface area contributed by atoms with Gasteiger partial charge in [-0.05, 0) is 23.6 Å². The van der Waals surface area contributed by atoms with Gasteiger partial charge >= 0.3 is 6.61 Å². The normalized spacial score (nSPS) is 19.8. The fraction of sp³-hybridized carbons (Fsp3) is 0.524. The number of alkyl halides is 4. The van der Waals surface area contributed by atoms with E-state index in [9.17, 15) is 22.4 Å². The highest BCUT2D eigenvalue weighted by Gasteiger charge is 2.27. The number of benzene rings is 1. The van der Waals surface area contributed by atoms with Crippen molar-refractivity contribution in [1.29, 1.82) is 0 Å². The third kappa shape index (κ3) is 5.50. The standard InChI is InChI=1S/C21H23F4N3O4/c22-18(23)8-12-1-2-17-13(7-12)9-14(11-31-17)26-20(29)16-10-19-28(27-16)5-3-15(32-19)4-6-30-21(24)25/h1-2,7,10,14-15,18,21H,3-6,8-9,11H2,(H,26,29)/t14-,15?/m1/s1. The fourth-order valence-corrected chi connectivity index (χ4v) is 3.86. The maximum absolute atomic E-state index is 12.7. The average molecular weight is 457 g/mol. The SMILES string of the molecule is O=C(N[C@H]1COc2ccc(CC(F)F)cc2C1)c1cc2n(n1)CCC(CCOC(F)F)O2. The van der Waals surface area contributed by atoms with Gasteiger partial charge in [0.1, 0.15) is 18.5 Å². The van der Waals surface area contributed by atoms with Crippen molar-refractivity contribution in [2.45, 2.75) is 57.4 Å². The molecule has 0 radical (unpaired) electrons. The number of aromatic nitrogens is 2. The molecule has 0 spiro atoms. The molecule has 1 unspecified atom stereocenters. The van der Waals surface area contributed by atoms with Gasteiger partial charge in [-0.2, -0.15) is 13.9 Å². The van der Waals surface area contributed by atoms with E-state index in [-0.39, 0.29) is 37.5 Å². The summed E-state index contributed by atoms with van der Waals surface area (Å²) in [5.41, 5.74) is 1.45. The van der Waals surface area contributed by atoms with E-state index in [0.717, 1.165) is 5.56 Å². The van der Waals surface area contributed by atoms with Gasteiger partial charge in [-0.1, -0.05) is 12.1 Å². The van der Waals surface area contributed by atoms with E-state index in [1.165, 1.54) is 6.07 Å². The molecule has 2 aromatic rings. The van der Waals surface area contributed by atoms with Gasteiger partial charge < -0.3 is 19.5 Å². The molecule has 11 heteroatoms. The second kappa shape index (κ2) is 9.76. The molecular weight excluding hydrogens is 434 g/mol. The van der Waals surface area contributed by atoms with Crippen LogP contribution in [-0.2, 0) is 24.1 Å². The van der Waals surface area contributed by atoms with E-state index in [1.54, 1.807) is 22.9 Å². The maximum Gasteiger partial charge on any atom is 0.345 e. The zero-order valence-electron chi connectivity index (χ0n) is 17.1. The topological polar surface area (TPSA) is 74.6 Å². The minimum absolute atomic E-state index is 0.119. The van der Waals surface area contributed by atoms with Gasteiger partial charge in [0.05, 0.1) is 12.6 Å². The van der Waals surface area contributed by atoms with Crippen LogP contribution in [0, 0.1) is 0 Å². The molecular formula is C21H23F4N3O4. The molecule has 0 bridgehead atoms. The van der Waals surface area contributed by atoms with Crippen LogP contribution >= 0.6 is 0 Å². The van der Waals surface area contributed by atoms with E-state index in [4.69, 9.17) is 9.47 Å². The smallest absolute Gasteiger partial charge is 0.345 e. The highest BCUT2D eigenvalue weighted by Crippen LogP contribution is 2.27. The van der Waals surface area contributed by atoms with Crippen molar-refractivity contribution in [2.75, 3.05) is 13.2 Å². The summed E-state index contributed by atoms with van der Waals surface area (Å²) in [7, 11) is 0. The van der Waals surface area contributed by atoms with Gasteiger partial charge in [0.2, 0.25) is 12.3 Å². The van der Waals surface area contributed by atoms with Crippen LogP contribution in [0.2, 0.25) is 0 Å². The molecule has 2 atom stereocenters.